The van der Waals surface area contributed by atoms with Gasteiger partial charge in [-0.15, -0.1) is 0 Å². The highest BCUT2D eigenvalue weighted by Crippen LogP contribution is 2.22. The van der Waals surface area contributed by atoms with Crippen LogP contribution in [0.1, 0.15) is 16.9 Å². The van der Waals surface area contributed by atoms with Crippen molar-refractivity contribution in [2.75, 3.05) is 44.3 Å². The first-order valence-electron chi connectivity index (χ1n) is 10.5. The molecule has 3 aromatic rings. The van der Waals surface area contributed by atoms with Crippen LogP contribution in [-0.4, -0.2) is 74.6 Å². The van der Waals surface area contributed by atoms with E-state index in [2.05, 4.69) is 15.0 Å². The van der Waals surface area contributed by atoms with Crippen molar-refractivity contribution >= 4 is 22.5 Å². The molecular formula is C21H24N6O4. The molecule has 5 rings (SSSR count). The van der Waals surface area contributed by atoms with Gasteiger partial charge in [0.15, 0.2) is 5.69 Å². The summed E-state index contributed by atoms with van der Waals surface area (Å²) in [6, 6.07) is 7.32. The number of carbonyl (C=O) groups excluding carboxylic acids is 1. The number of aliphatic hydroxyl groups is 1. The van der Waals surface area contributed by atoms with Gasteiger partial charge in [-0.3, -0.25) is 14.2 Å². The summed E-state index contributed by atoms with van der Waals surface area (Å²) in [5.74, 6) is 0.588. The number of amides is 1. The maximum atomic E-state index is 12.9. The summed E-state index contributed by atoms with van der Waals surface area (Å²) >= 11 is 0. The molecule has 1 fully saturated rings. The number of nitrogens with zero attached hydrogens (tertiary/aromatic N) is 6. The van der Waals surface area contributed by atoms with Crippen LogP contribution in [0, 0.1) is 0 Å². The Morgan fingerprint density at radius 3 is 2.74 bits per heavy atom. The molecule has 162 valence electrons. The number of piperazine rings is 1. The van der Waals surface area contributed by atoms with Gasteiger partial charge in [0.1, 0.15) is 0 Å². The average Bonchev–Trinajstić information content (AvgIpc) is 3.25. The molecule has 0 bridgehead atoms. The topological polar surface area (TPSA) is 106 Å². The Morgan fingerprint density at radius 1 is 1.13 bits per heavy atom. The van der Waals surface area contributed by atoms with E-state index in [4.69, 9.17) is 9.84 Å². The Labute approximate surface area is 178 Å². The third kappa shape index (κ3) is 3.63. The maximum Gasteiger partial charge on any atom is 0.274 e. The van der Waals surface area contributed by atoms with E-state index in [0.29, 0.717) is 55.3 Å². The number of aryl methyl sites for hydroxylation is 1. The van der Waals surface area contributed by atoms with E-state index >= 15 is 0 Å². The third-order valence-electron chi connectivity index (χ3n) is 5.81. The summed E-state index contributed by atoms with van der Waals surface area (Å²) in [5.41, 5.74) is 1.86. The second-order valence-electron chi connectivity index (χ2n) is 7.74. The SMILES string of the molecule is O=C(c1cc2n(n1)CCCO2)N1CCN(c2ccc3c(=O)n(CCO)cnc3c2)CC1. The number of aromatic nitrogens is 4. The molecule has 1 N–H and O–H groups in total. The van der Waals surface area contributed by atoms with Crippen LogP contribution in [0.2, 0.25) is 0 Å². The van der Waals surface area contributed by atoms with Crippen LogP contribution in [0.4, 0.5) is 5.69 Å². The van der Waals surface area contributed by atoms with Crippen molar-refractivity contribution in [1.29, 1.82) is 0 Å². The van der Waals surface area contributed by atoms with Crippen LogP contribution in [-0.2, 0) is 13.1 Å². The van der Waals surface area contributed by atoms with E-state index in [-0.39, 0.29) is 24.6 Å². The molecule has 1 aromatic carbocycles. The Kier molecular flexibility index (Phi) is 5.06. The van der Waals surface area contributed by atoms with Crippen LogP contribution >= 0.6 is 0 Å². The van der Waals surface area contributed by atoms with Crippen molar-refractivity contribution < 1.29 is 14.6 Å². The van der Waals surface area contributed by atoms with Gasteiger partial charge in [0.2, 0.25) is 5.88 Å². The number of hydrogen-bond donors (Lipinski definition) is 1. The zero-order chi connectivity index (χ0) is 21.4. The van der Waals surface area contributed by atoms with E-state index in [1.165, 1.54) is 10.9 Å². The van der Waals surface area contributed by atoms with Crippen molar-refractivity contribution in [2.45, 2.75) is 19.5 Å². The number of carbonyl (C=O) groups is 1. The summed E-state index contributed by atoms with van der Waals surface area (Å²) < 4.78 is 8.72. The highest BCUT2D eigenvalue weighted by molar-refractivity contribution is 5.93. The molecule has 31 heavy (non-hydrogen) atoms. The molecule has 1 saturated heterocycles. The molecule has 2 aliphatic rings. The lowest BCUT2D eigenvalue weighted by Gasteiger charge is -2.35. The van der Waals surface area contributed by atoms with Gasteiger partial charge >= 0.3 is 0 Å². The van der Waals surface area contributed by atoms with Crippen LogP contribution in [0.25, 0.3) is 10.9 Å². The first kappa shape index (κ1) is 19.6. The van der Waals surface area contributed by atoms with E-state index in [0.717, 1.165) is 18.7 Å². The molecular weight excluding hydrogens is 400 g/mol. The van der Waals surface area contributed by atoms with E-state index in [1.807, 2.05) is 17.0 Å². The minimum Gasteiger partial charge on any atom is -0.478 e. The van der Waals surface area contributed by atoms with E-state index < -0.39 is 0 Å². The lowest BCUT2D eigenvalue weighted by molar-refractivity contribution is 0.0740. The third-order valence-corrected chi connectivity index (χ3v) is 5.81. The predicted octanol–water partition coefficient (Wildman–Crippen LogP) is 0.330. The van der Waals surface area contributed by atoms with Crippen molar-refractivity contribution in [3.8, 4) is 5.88 Å². The van der Waals surface area contributed by atoms with E-state index in [9.17, 15) is 9.59 Å². The number of fused-ring (bicyclic) bond motifs is 2. The smallest absolute Gasteiger partial charge is 0.274 e. The van der Waals surface area contributed by atoms with Crippen LogP contribution in [0.3, 0.4) is 0 Å². The maximum absolute atomic E-state index is 12.9. The van der Waals surface area contributed by atoms with Gasteiger partial charge in [-0.1, -0.05) is 0 Å². The minimum atomic E-state index is -0.159. The molecule has 0 unspecified atom stereocenters. The molecule has 0 atom stereocenters. The number of anilines is 1. The monoisotopic (exact) mass is 424 g/mol. The van der Waals surface area contributed by atoms with Gasteiger partial charge in [0.05, 0.1) is 37.0 Å². The summed E-state index contributed by atoms with van der Waals surface area (Å²) in [6.07, 6.45) is 2.37. The lowest BCUT2D eigenvalue weighted by Crippen LogP contribution is -2.49. The van der Waals surface area contributed by atoms with E-state index in [1.54, 1.807) is 16.8 Å². The van der Waals surface area contributed by atoms with Gasteiger partial charge in [0.25, 0.3) is 11.5 Å². The van der Waals surface area contributed by atoms with Crippen molar-refractivity contribution in [2.24, 2.45) is 0 Å². The Hall–Kier alpha value is -3.40. The van der Waals surface area contributed by atoms with Gasteiger partial charge in [-0.25, -0.2) is 9.67 Å². The van der Waals surface area contributed by atoms with Crippen LogP contribution < -0.4 is 15.2 Å². The largest absolute Gasteiger partial charge is 0.478 e. The fourth-order valence-electron chi connectivity index (χ4n) is 4.11. The molecule has 4 heterocycles. The fourth-order valence-corrected chi connectivity index (χ4v) is 4.11. The normalized spacial score (nSPS) is 16.3. The number of ether oxygens (including phenoxy) is 1. The first-order valence-corrected chi connectivity index (χ1v) is 10.5. The number of benzene rings is 1. The number of rotatable bonds is 4. The van der Waals surface area contributed by atoms with Crippen molar-refractivity contribution in [3.05, 3.63) is 46.6 Å². The summed E-state index contributed by atoms with van der Waals surface area (Å²) in [4.78, 5) is 33.7. The van der Waals surface area contributed by atoms with Gasteiger partial charge in [-0.2, -0.15) is 5.10 Å². The molecule has 10 heteroatoms. The molecule has 0 aliphatic carbocycles. The highest BCUT2D eigenvalue weighted by Gasteiger charge is 2.26. The van der Waals surface area contributed by atoms with Gasteiger partial charge in [0, 0.05) is 50.9 Å². The summed E-state index contributed by atoms with van der Waals surface area (Å²) in [6.45, 7) is 4.10. The van der Waals surface area contributed by atoms with Gasteiger partial charge in [-0.05, 0) is 18.2 Å². The highest BCUT2D eigenvalue weighted by atomic mass is 16.5. The summed E-state index contributed by atoms with van der Waals surface area (Å²) in [7, 11) is 0. The van der Waals surface area contributed by atoms with Crippen molar-refractivity contribution in [3.63, 3.8) is 0 Å². The number of aliphatic hydroxyl groups excluding tert-OH is 1. The quantitative estimate of drug-likeness (QED) is 0.643. The van der Waals surface area contributed by atoms with Crippen LogP contribution in [0.5, 0.6) is 5.88 Å². The van der Waals surface area contributed by atoms with Crippen LogP contribution in [0.15, 0.2) is 35.4 Å². The minimum absolute atomic E-state index is 0.0743. The fraction of sp³-hybridized carbons (Fsp3) is 0.429. The molecule has 2 aromatic heterocycles. The second kappa shape index (κ2) is 8.03. The summed E-state index contributed by atoms with van der Waals surface area (Å²) in [5, 5.41) is 14.0. The van der Waals surface area contributed by atoms with Crippen molar-refractivity contribution in [1.82, 2.24) is 24.2 Å². The molecule has 0 spiro atoms. The average molecular weight is 424 g/mol. The standard InChI is InChI=1S/C21H24N6O4/c28-10-9-26-14-22-17-12-15(2-3-16(17)20(26)29)24-5-7-25(8-6-24)21(30)18-13-19-27(23-18)4-1-11-31-19/h2-3,12-14,28H,1,4-11H2. The molecule has 1 amide bonds. The Balaban J connectivity index is 1.28. The molecule has 0 radical (unpaired) electrons. The Bertz CT molecular complexity index is 1150. The zero-order valence-electron chi connectivity index (χ0n) is 17.1. The first-order chi connectivity index (χ1) is 15.1. The van der Waals surface area contributed by atoms with Gasteiger partial charge < -0.3 is 19.6 Å². The molecule has 0 saturated carbocycles. The zero-order valence-corrected chi connectivity index (χ0v) is 17.1. The predicted molar refractivity (Wildman–Crippen MR) is 114 cm³/mol. The lowest BCUT2D eigenvalue weighted by atomic mass is 10.2. The second-order valence-corrected chi connectivity index (χ2v) is 7.74. The molecule has 10 nitrogen and oxygen atoms in total. The Morgan fingerprint density at radius 2 is 1.97 bits per heavy atom. The number of hydrogen-bond acceptors (Lipinski definition) is 7. The molecule has 2 aliphatic heterocycles.